The van der Waals surface area contributed by atoms with E-state index < -0.39 is 11.8 Å². The highest BCUT2D eigenvalue weighted by molar-refractivity contribution is 6.01. The summed E-state index contributed by atoms with van der Waals surface area (Å²) in [7, 11) is 0. The number of aromatic nitrogens is 1. The Morgan fingerprint density at radius 3 is 2.35 bits per heavy atom. The van der Waals surface area contributed by atoms with Crippen LogP contribution in [0.1, 0.15) is 61.9 Å². The maximum Gasteiger partial charge on any atom is 0.272 e. The molecule has 0 amide bonds. The van der Waals surface area contributed by atoms with Crippen LogP contribution in [0.4, 0.5) is 29.1 Å². The molecule has 1 aliphatic heterocycles. The first-order valence-electron chi connectivity index (χ1n) is 14.0. The van der Waals surface area contributed by atoms with Gasteiger partial charge in [0.05, 0.1) is 6.54 Å². The molecule has 0 unspecified atom stereocenters. The van der Waals surface area contributed by atoms with Crippen LogP contribution in [0, 0.1) is 0 Å². The number of hydrogen-bond acceptors (Lipinski definition) is 6. The van der Waals surface area contributed by atoms with E-state index in [0.29, 0.717) is 48.1 Å². The van der Waals surface area contributed by atoms with Gasteiger partial charge < -0.3 is 21.8 Å². The number of hydrogen-bond donors (Lipinski definition) is 4. The van der Waals surface area contributed by atoms with Gasteiger partial charge in [0.15, 0.2) is 0 Å². The molecule has 0 fully saturated rings. The van der Waals surface area contributed by atoms with E-state index in [1.165, 1.54) is 24.3 Å². The van der Waals surface area contributed by atoms with Gasteiger partial charge >= 0.3 is 0 Å². The number of pyridine rings is 1. The zero-order valence-corrected chi connectivity index (χ0v) is 24.6. The molecule has 0 spiro atoms. The van der Waals surface area contributed by atoms with Crippen LogP contribution in [0.15, 0.2) is 89.7 Å². The first-order chi connectivity index (χ1) is 20.4. The van der Waals surface area contributed by atoms with Gasteiger partial charge in [-0.2, -0.15) is 5.10 Å². The molecule has 2 heterocycles. The second-order valence-electron chi connectivity index (χ2n) is 10.4. The highest BCUT2D eigenvalue weighted by Crippen LogP contribution is 2.34. The van der Waals surface area contributed by atoms with Crippen LogP contribution in [0.3, 0.4) is 0 Å². The molecule has 3 aromatic rings. The number of allylic oxidation sites excluding steroid dienone is 4. The summed E-state index contributed by atoms with van der Waals surface area (Å²) in [6.45, 7) is 6.43. The molecule has 0 atom stereocenters. The Morgan fingerprint density at radius 1 is 1.02 bits per heavy atom. The highest BCUT2D eigenvalue weighted by atomic mass is 19.3. The smallest absolute Gasteiger partial charge is 0.272 e. The van der Waals surface area contributed by atoms with Gasteiger partial charge in [-0.05, 0) is 54.3 Å². The van der Waals surface area contributed by atoms with E-state index in [1.807, 2.05) is 56.3 Å². The van der Waals surface area contributed by atoms with Gasteiger partial charge in [-0.15, -0.1) is 0 Å². The number of hydrazone groups is 1. The van der Waals surface area contributed by atoms with Crippen LogP contribution in [-0.2, 0) is 18.4 Å². The predicted octanol–water partition coefficient (Wildman–Crippen LogP) is 7.99. The van der Waals surface area contributed by atoms with E-state index in [-0.39, 0.29) is 11.1 Å². The van der Waals surface area contributed by atoms with Crippen LogP contribution >= 0.6 is 0 Å². The number of halogens is 4. The molecule has 4 rings (SSSR count). The Bertz CT molecular complexity index is 1560. The summed E-state index contributed by atoms with van der Waals surface area (Å²) in [6.07, 6.45) is 7.53. The second kappa shape index (κ2) is 13.1. The molecule has 0 radical (unpaired) electrons. The van der Waals surface area contributed by atoms with E-state index >= 15 is 0 Å². The quantitative estimate of drug-likeness (QED) is 0.170. The van der Waals surface area contributed by atoms with Gasteiger partial charge in [-0.25, -0.2) is 22.5 Å². The summed E-state index contributed by atoms with van der Waals surface area (Å²) in [5.74, 6) is -5.30. The minimum atomic E-state index is -3.12. The number of amidine groups is 1. The number of nitrogens with two attached hydrogens (primary N) is 1. The van der Waals surface area contributed by atoms with Gasteiger partial charge in [0.25, 0.3) is 11.8 Å². The standard InChI is InChI=1S/C33H36F4N6/c1-5-8-29(42-27-10-7-9-25(16-27)32(3,34)35)28-17-26(33(4,36)37)20-40-31(28)39-18-21-11-13-23(14-12-21)22(6-2)15-24-19-41-43-30(24)38/h6-17,20,41-42H,5,18-19H2,1-4H3,(H2,38,43)(H,39,40)/b22-6+,24-15+,29-8+. The van der Waals surface area contributed by atoms with Crippen molar-refractivity contribution in [2.24, 2.45) is 10.8 Å². The van der Waals surface area contributed by atoms with Crippen molar-refractivity contribution in [2.45, 2.75) is 52.5 Å². The average Bonchev–Trinajstić information content (AvgIpc) is 3.38. The van der Waals surface area contributed by atoms with Crippen molar-refractivity contribution in [1.82, 2.24) is 10.4 Å². The number of rotatable bonds is 11. The predicted molar refractivity (Wildman–Crippen MR) is 167 cm³/mol. The molecule has 1 aliphatic rings. The number of benzene rings is 2. The van der Waals surface area contributed by atoms with Gasteiger partial charge in [-0.1, -0.05) is 55.5 Å². The van der Waals surface area contributed by atoms with Crippen molar-refractivity contribution < 1.29 is 17.6 Å². The zero-order valence-electron chi connectivity index (χ0n) is 24.6. The minimum absolute atomic E-state index is 0.157. The molecule has 5 N–H and O–H groups in total. The minimum Gasteiger partial charge on any atom is -0.382 e. The maximum absolute atomic E-state index is 14.3. The number of alkyl halides is 4. The van der Waals surface area contributed by atoms with Crippen molar-refractivity contribution in [3.63, 3.8) is 0 Å². The summed E-state index contributed by atoms with van der Waals surface area (Å²) in [4.78, 5) is 4.35. The molecule has 10 heteroatoms. The van der Waals surface area contributed by atoms with Crippen LogP contribution in [0.25, 0.3) is 11.3 Å². The van der Waals surface area contributed by atoms with E-state index in [2.05, 4.69) is 26.1 Å². The highest BCUT2D eigenvalue weighted by Gasteiger charge is 2.27. The monoisotopic (exact) mass is 592 g/mol. The Kier molecular flexibility index (Phi) is 9.58. The molecule has 0 aliphatic carbocycles. The lowest BCUT2D eigenvalue weighted by atomic mass is 10.0. The first-order valence-corrected chi connectivity index (χ1v) is 14.0. The molecule has 6 nitrogen and oxygen atoms in total. The maximum atomic E-state index is 14.3. The lowest BCUT2D eigenvalue weighted by molar-refractivity contribution is 0.0166. The van der Waals surface area contributed by atoms with Gasteiger partial charge in [0.1, 0.15) is 11.7 Å². The van der Waals surface area contributed by atoms with E-state index in [4.69, 9.17) is 5.73 Å². The number of nitrogens with one attached hydrogen (secondary N) is 3. The summed E-state index contributed by atoms with van der Waals surface area (Å²) in [5, 5.41) is 10.4. The van der Waals surface area contributed by atoms with Gasteiger partial charge in [-0.3, -0.25) is 0 Å². The number of nitrogens with zero attached hydrogens (tertiary/aromatic N) is 2. The summed E-state index contributed by atoms with van der Waals surface area (Å²) in [6, 6.07) is 15.2. The molecular formula is C33H36F4N6. The van der Waals surface area contributed by atoms with Crippen molar-refractivity contribution in [2.75, 3.05) is 17.2 Å². The molecule has 226 valence electrons. The lowest BCUT2D eigenvalue weighted by Crippen LogP contribution is -2.13. The van der Waals surface area contributed by atoms with E-state index in [0.717, 1.165) is 42.3 Å². The lowest BCUT2D eigenvalue weighted by Gasteiger charge is -2.20. The summed E-state index contributed by atoms with van der Waals surface area (Å²) in [5.41, 5.74) is 13.5. The fourth-order valence-electron chi connectivity index (χ4n) is 4.53. The third-order valence-corrected chi connectivity index (χ3v) is 6.93. The topological polar surface area (TPSA) is 87.4 Å². The normalized spacial score (nSPS) is 15.3. The fraction of sp³-hybridized carbons (Fsp3) is 0.273. The van der Waals surface area contributed by atoms with Crippen LogP contribution in [-0.4, -0.2) is 17.4 Å². The molecule has 0 saturated heterocycles. The van der Waals surface area contributed by atoms with Gasteiger partial charge in [0, 0.05) is 60.2 Å². The largest absolute Gasteiger partial charge is 0.382 e. The molecule has 1 aromatic heterocycles. The van der Waals surface area contributed by atoms with Crippen LogP contribution in [0.5, 0.6) is 0 Å². The second-order valence-corrected chi connectivity index (χ2v) is 10.4. The Morgan fingerprint density at radius 2 is 1.74 bits per heavy atom. The first kappa shape index (κ1) is 31.3. The van der Waals surface area contributed by atoms with Gasteiger partial charge in [0.2, 0.25) is 0 Å². The third kappa shape index (κ3) is 8.03. The SMILES string of the molecule is C/C=C(\C=C1/CNN=C1N)c1ccc(CNc2ncc(C(C)(F)F)cc2/C(=C\CC)Nc2cccc(C(C)(F)F)c2)cc1. The molecule has 2 aromatic carbocycles. The molecule has 0 saturated carbocycles. The molecule has 0 bridgehead atoms. The van der Waals surface area contributed by atoms with Crippen LogP contribution < -0.4 is 21.8 Å². The van der Waals surface area contributed by atoms with Crippen molar-refractivity contribution in [3.8, 4) is 0 Å². The molecular weight excluding hydrogens is 556 g/mol. The van der Waals surface area contributed by atoms with Crippen molar-refractivity contribution in [1.29, 1.82) is 0 Å². The van der Waals surface area contributed by atoms with Crippen molar-refractivity contribution >= 4 is 28.6 Å². The van der Waals surface area contributed by atoms with E-state index in [1.54, 1.807) is 6.07 Å². The Hall–Kier alpha value is -4.60. The van der Waals surface area contributed by atoms with Crippen molar-refractivity contribution in [3.05, 3.63) is 112 Å². The summed E-state index contributed by atoms with van der Waals surface area (Å²) < 4.78 is 56.7. The number of anilines is 2. The Labute approximate surface area is 249 Å². The zero-order chi connectivity index (χ0) is 31.2. The molecule has 43 heavy (non-hydrogen) atoms. The van der Waals surface area contributed by atoms with E-state index in [9.17, 15) is 17.6 Å². The fourth-order valence-corrected chi connectivity index (χ4v) is 4.53. The summed E-state index contributed by atoms with van der Waals surface area (Å²) >= 11 is 0. The van der Waals surface area contributed by atoms with Crippen LogP contribution in [0.2, 0.25) is 0 Å². The average molecular weight is 593 g/mol. The third-order valence-electron chi connectivity index (χ3n) is 6.93. The Balaban J connectivity index is 1.60.